The summed E-state index contributed by atoms with van der Waals surface area (Å²) in [5.41, 5.74) is -2.55. The highest BCUT2D eigenvalue weighted by Crippen LogP contribution is 2.38. The molecule has 0 unspecified atom stereocenters. The highest BCUT2D eigenvalue weighted by atomic mass is 32.1. The Morgan fingerprint density at radius 1 is 1.44 bits per heavy atom. The molecule has 0 saturated carbocycles. The zero-order valence-corrected chi connectivity index (χ0v) is 8.34. The Morgan fingerprint density at radius 2 is 2.00 bits per heavy atom. The standard InChI is InChI=1S/C8H3F3N2O2S/c9-8(10,11)5-1-2-6(13(14)15)4(3-12)7(5)16/h1-2,16H. The van der Waals surface area contributed by atoms with Crippen molar-refractivity contribution in [3.63, 3.8) is 0 Å². The van der Waals surface area contributed by atoms with Crippen LogP contribution in [-0.2, 0) is 6.18 Å². The number of nitrogens with zero attached hydrogens (tertiary/aromatic N) is 2. The number of halogens is 3. The van der Waals surface area contributed by atoms with Crippen LogP contribution in [-0.4, -0.2) is 4.92 Å². The molecule has 16 heavy (non-hydrogen) atoms. The third kappa shape index (κ3) is 2.09. The number of nitro groups is 1. The summed E-state index contributed by atoms with van der Waals surface area (Å²) in [6.45, 7) is 0. The van der Waals surface area contributed by atoms with Crippen molar-refractivity contribution in [3.8, 4) is 6.07 Å². The van der Waals surface area contributed by atoms with Gasteiger partial charge in [0.2, 0.25) is 0 Å². The van der Waals surface area contributed by atoms with Crippen molar-refractivity contribution in [1.82, 2.24) is 0 Å². The van der Waals surface area contributed by atoms with Crippen LogP contribution in [0, 0.1) is 21.4 Å². The number of hydrogen-bond donors (Lipinski definition) is 1. The molecule has 4 nitrogen and oxygen atoms in total. The Labute approximate surface area is 92.9 Å². The maximum Gasteiger partial charge on any atom is 0.417 e. The topological polar surface area (TPSA) is 66.9 Å². The molecule has 0 aromatic heterocycles. The van der Waals surface area contributed by atoms with E-state index in [1.165, 1.54) is 6.07 Å². The van der Waals surface area contributed by atoms with Gasteiger partial charge in [-0.25, -0.2) is 0 Å². The molecule has 0 aliphatic rings. The number of nitriles is 1. The van der Waals surface area contributed by atoms with Gasteiger partial charge in [-0.3, -0.25) is 10.1 Å². The summed E-state index contributed by atoms with van der Waals surface area (Å²) in [5, 5.41) is 19.0. The number of thiol groups is 1. The van der Waals surface area contributed by atoms with Crippen molar-refractivity contribution in [2.24, 2.45) is 0 Å². The summed E-state index contributed by atoms with van der Waals surface area (Å²) in [7, 11) is 0. The molecule has 0 N–H and O–H groups in total. The number of nitro benzene ring substituents is 1. The van der Waals surface area contributed by atoms with Gasteiger partial charge in [0.05, 0.1) is 10.5 Å². The van der Waals surface area contributed by atoms with Crippen LogP contribution in [0.25, 0.3) is 0 Å². The minimum Gasteiger partial charge on any atom is -0.258 e. The predicted molar refractivity (Wildman–Crippen MR) is 50.1 cm³/mol. The fourth-order valence-corrected chi connectivity index (χ4v) is 1.44. The van der Waals surface area contributed by atoms with E-state index in [1.54, 1.807) is 0 Å². The first kappa shape index (κ1) is 12.3. The highest BCUT2D eigenvalue weighted by Gasteiger charge is 2.35. The fourth-order valence-electron chi connectivity index (χ4n) is 1.07. The largest absolute Gasteiger partial charge is 0.417 e. The SMILES string of the molecule is N#Cc1c([N+](=O)[O-])ccc(C(F)(F)F)c1S. The molecule has 0 spiro atoms. The molecule has 1 aromatic carbocycles. The van der Waals surface area contributed by atoms with Gasteiger partial charge >= 0.3 is 6.18 Å². The summed E-state index contributed by atoms with van der Waals surface area (Å²) in [5.74, 6) is 0. The molecule has 0 fully saturated rings. The molecule has 0 amide bonds. The maximum absolute atomic E-state index is 12.4. The average Bonchev–Trinajstić information content (AvgIpc) is 2.14. The van der Waals surface area contributed by atoms with Gasteiger partial charge in [-0.1, -0.05) is 0 Å². The molecule has 0 atom stereocenters. The molecule has 0 aliphatic carbocycles. The summed E-state index contributed by atoms with van der Waals surface area (Å²) in [4.78, 5) is 8.77. The third-order valence-corrected chi connectivity index (χ3v) is 2.23. The lowest BCUT2D eigenvalue weighted by atomic mass is 10.1. The summed E-state index contributed by atoms with van der Waals surface area (Å²) in [6.07, 6.45) is -4.70. The van der Waals surface area contributed by atoms with Gasteiger partial charge in [-0.05, 0) is 6.07 Å². The molecular formula is C8H3F3N2O2S. The van der Waals surface area contributed by atoms with Gasteiger partial charge in [0.1, 0.15) is 11.6 Å². The lowest BCUT2D eigenvalue weighted by Crippen LogP contribution is -2.08. The zero-order chi connectivity index (χ0) is 12.5. The second-order valence-corrected chi connectivity index (χ2v) is 3.17. The molecule has 84 valence electrons. The monoisotopic (exact) mass is 248 g/mol. The summed E-state index contributed by atoms with van der Waals surface area (Å²) >= 11 is 3.50. The van der Waals surface area contributed by atoms with Crippen LogP contribution in [0.5, 0.6) is 0 Å². The van der Waals surface area contributed by atoms with E-state index < -0.39 is 32.8 Å². The lowest BCUT2D eigenvalue weighted by Gasteiger charge is -2.09. The van der Waals surface area contributed by atoms with E-state index in [0.29, 0.717) is 12.1 Å². The van der Waals surface area contributed by atoms with Gasteiger partial charge in [-0.2, -0.15) is 18.4 Å². The molecule has 1 rings (SSSR count). The van der Waals surface area contributed by atoms with Crippen molar-refractivity contribution in [3.05, 3.63) is 33.4 Å². The van der Waals surface area contributed by atoms with Crippen LogP contribution in [0.15, 0.2) is 17.0 Å². The van der Waals surface area contributed by atoms with Gasteiger partial charge in [0, 0.05) is 11.0 Å². The van der Waals surface area contributed by atoms with E-state index in [9.17, 15) is 23.3 Å². The molecule has 1 aromatic rings. The van der Waals surface area contributed by atoms with Crippen LogP contribution in [0.4, 0.5) is 18.9 Å². The van der Waals surface area contributed by atoms with E-state index >= 15 is 0 Å². The number of rotatable bonds is 1. The summed E-state index contributed by atoms with van der Waals surface area (Å²) < 4.78 is 37.1. The van der Waals surface area contributed by atoms with E-state index in [2.05, 4.69) is 12.6 Å². The molecule has 0 radical (unpaired) electrons. The van der Waals surface area contributed by atoms with E-state index in [4.69, 9.17) is 5.26 Å². The second-order valence-electron chi connectivity index (χ2n) is 2.72. The Balaban J connectivity index is 3.55. The van der Waals surface area contributed by atoms with E-state index in [1.807, 2.05) is 0 Å². The third-order valence-electron chi connectivity index (χ3n) is 1.77. The van der Waals surface area contributed by atoms with Crippen molar-refractivity contribution in [2.75, 3.05) is 0 Å². The smallest absolute Gasteiger partial charge is 0.258 e. The number of hydrogen-bond acceptors (Lipinski definition) is 4. The first-order valence-electron chi connectivity index (χ1n) is 3.76. The number of benzene rings is 1. The minimum absolute atomic E-state index is 0.529. The molecule has 0 heterocycles. The normalized spacial score (nSPS) is 10.9. The first-order chi connectivity index (χ1) is 7.29. The van der Waals surface area contributed by atoms with E-state index in [-0.39, 0.29) is 0 Å². The van der Waals surface area contributed by atoms with Crippen molar-refractivity contribution >= 4 is 18.3 Å². The van der Waals surface area contributed by atoms with Crippen LogP contribution in [0.3, 0.4) is 0 Å². The van der Waals surface area contributed by atoms with Gasteiger partial charge in [-0.15, -0.1) is 12.6 Å². The van der Waals surface area contributed by atoms with Gasteiger partial charge in [0.15, 0.2) is 0 Å². The van der Waals surface area contributed by atoms with Crippen LogP contribution >= 0.6 is 12.6 Å². The van der Waals surface area contributed by atoms with Crippen LogP contribution in [0.2, 0.25) is 0 Å². The molecule has 0 bridgehead atoms. The first-order valence-corrected chi connectivity index (χ1v) is 4.21. The quantitative estimate of drug-likeness (QED) is 0.472. The van der Waals surface area contributed by atoms with Crippen molar-refractivity contribution in [1.29, 1.82) is 5.26 Å². The van der Waals surface area contributed by atoms with Gasteiger partial charge < -0.3 is 0 Å². The average molecular weight is 248 g/mol. The molecule has 0 aliphatic heterocycles. The van der Waals surface area contributed by atoms with E-state index in [0.717, 1.165) is 0 Å². The lowest BCUT2D eigenvalue weighted by molar-refractivity contribution is -0.385. The molecule has 0 saturated heterocycles. The fraction of sp³-hybridized carbons (Fsp3) is 0.125. The zero-order valence-electron chi connectivity index (χ0n) is 7.45. The van der Waals surface area contributed by atoms with Crippen molar-refractivity contribution in [2.45, 2.75) is 11.1 Å². The Morgan fingerprint density at radius 3 is 2.38 bits per heavy atom. The Kier molecular flexibility index (Phi) is 3.09. The van der Waals surface area contributed by atoms with Crippen LogP contribution in [0.1, 0.15) is 11.1 Å². The van der Waals surface area contributed by atoms with Gasteiger partial charge in [0.25, 0.3) is 5.69 Å². The summed E-state index contributed by atoms with van der Waals surface area (Å²) in [6, 6.07) is 2.51. The Hall–Kier alpha value is -1.75. The number of alkyl halides is 3. The molecule has 8 heteroatoms. The Bertz CT molecular complexity index is 493. The van der Waals surface area contributed by atoms with Crippen LogP contribution < -0.4 is 0 Å². The maximum atomic E-state index is 12.4. The highest BCUT2D eigenvalue weighted by molar-refractivity contribution is 7.80. The minimum atomic E-state index is -4.70. The predicted octanol–water partition coefficient (Wildman–Crippen LogP) is 2.77. The second kappa shape index (κ2) is 4.02. The van der Waals surface area contributed by atoms with Crippen molar-refractivity contribution < 1.29 is 18.1 Å². The molecular weight excluding hydrogens is 245 g/mol.